The molecule has 0 saturated carbocycles. The first-order chi connectivity index (χ1) is 14.7. The Labute approximate surface area is 188 Å². The Balaban J connectivity index is 1.76. The fourth-order valence-corrected chi connectivity index (χ4v) is 5.26. The summed E-state index contributed by atoms with van der Waals surface area (Å²) in [5, 5.41) is 10.6. The Morgan fingerprint density at radius 1 is 0.867 bits per heavy atom. The maximum absolute atomic E-state index is 4.81. The SMILES string of the molecule is CN1C=C(Br)SC1N=Nc1c(-c2ccccc2)n(-c2ccccc2)c2ccccc12. The van der Waals surface area contributed by atoms with E-state index in [2.05, 4.69) is 103 Å². The van der Waals surface area contributed by atoms with E-state index in [1.165, 1.54) is 0 Å². The average molecular weight is 475 g/mol. The molecular formula is C24H19BrN4S. The van der Waals surface area contributed by atoms with Crippen LogP contribution in [0.25, 0.3) is 27.8 Å². The zero-order chi connectivity index (χ0) is 20.5. The molecule has 4 nitrogen and oxygen atoms in total. The van der Waals surface area contributed by atoms with Gasteiger partial charge in [0.25, 0.3) is 0 Å². The van der Waals surface area contributed by atoms with Crippen molar-refractivity contribution in [3.05, 3.63) is 94.9 Å². The van der Waals surface area contributed by atoms with E-state index in [1.807, 2.05) is 25.4 Å². The number of aromatic nitrogens is 1. The maximum atomic E-state index is 4.81. The molecule has 0 saturated heterocycles. The molecule has 1 atom stereocenters. The number of nitrogens with zero attached hydrogens (tertiary/aromatic N) is 4. The Hall–Kier alpha value is -2.83. The van der Waals surface area contributed by atoms with Crippen LogP contribution < -0.4 is 0 Å². The minimum Gasteiger partial charge on any atom is -0.347 e. The quantitative estimate of drug-likeness (QED) is 0.286. The van der Waals surface area contributed by atoms with E-state index in [0.29, 0.717) is 0 Å². The second-order valence-corrected chi connectivity index (χ2v) is 9.49. The molecule has 6 heteroatoms. The van der Waals surface area contributed by atoms with Gasteiger partial charge in [0.15, 0.2) is 5.50 Å². The molecule has 0 N–H and O–H groups in total. The molecule has 3 aromatic carbocycles. The molecule has 0 bridgehead atoms. The molecule has 5 rings (SSSR count). The third-order valence-electron chi connectivity index (χ3n) is 5.04. The van der Waals surface area contributed by atoms with E-state index in [1.54, 1.807) is 11.8 Å². The molecule has 0 radical (unpaired) electrons. The van der Waals surface area contributed by atoms with Crippen LogP contribution in [0.5, 0.6) is 0 Å². The molecule has 0 amide bonds. The van der Waals surface area contributed by atoms with Gasteiger partial charge in [-0.1, -0.05) is 78.5 Å². The number of thioether (sulfide) groups is 1. The van der Waals surface area contributed by atoms with Gasteiger partial charge in [-0.2, -0.15) is 10.2 Å². The number of fused-ring (bicyclic) bond motifs is 1. The first-order valence-corrected chi connectivity index (χ1v) is 11.3. The van der Waals surface area contributed by atoms with E-state index in [9.17, 15) is 0 Å². The minimum absolute atomic E-state index is 0.0816. The highest BCUT2D eigenvalue weighted by atomic mass is 79.9. The largest absolute Gasteiger partial charge is 0.347 e. The van der Waals surface area contributed by atoms with Crippen LogP contribution in [-0.4, -0.2) is 22.0 Å². The number of azo groups is 1. The number of benzene rings is 3. The van der Waals surface area contributed by atoms with Gasteiger partial charge in [0.1, 0.15) is 5.69 Å². The van der Waals surface area contributed by atoms with Crippen molar-refractivity contribution in [2.24, 2.45) is 10.2 Å². The van der Waals surface area contributed by atoms with Gasteiger partial charge in [0.2, 0.25) is 0 Å². The Kier molecular flexibility index (Phi) is 5.19. The van der Waals surface area contributed by atoms with Crippen molar-refractivity contribution >= 4 is 44.3 Å². The second-order valence-electron chi connectivity index (χ2n) is 7.01. The van der Waals surface area contributed by atoms with Crippen LogP contribution in [0.1, 0.15) is 0 Å². The third-order valence-corrected chi connectivity index (χ3v) is 6.77. The van der Waals surface area contributed by atoms with Crippen molar-refractivity contribution in [2.75, 3.05) is 7.05 Å². The lowest BCUT2D eigenvalue weighted by Gasteiger charge is -2.14. The summed E-state index contributed by atoms with van der Waals surface area (Å²) in [6, 6.07) is 29.2. The first-order valence-electron chi connectivity index (χ1n) is 9.63. The molecule has 1 aromatic heterocycles. The van der Waals surface area contributed by atoms with E-state index < -0.39 is 0 Å². The molecule has 0 fully saturated rings. The topological polar surface area (TPSA) is 32.9 Å². The zero-order valence-electron chi connectivity index (χ0n) is 16.3. The molecule has 148 valence electrons. The van der Waals surface area contributed by atoms with Crippen molar-refractivity contribution in [2.45, 2.75) is 5.50 Å². The van der Waals surface area contributed by atoms with E-state index in [4.69, 9.17) is 5.11 Å². The average Bonchev–Trinajstić information content (AvgIpc) is 3.29. The molecule has 1 aliphatic heterocycles. The van der Waals surface area contributed by atoms with Crippen LogP contribution in [0.15, 0.2) is 105 Å². The number of hydrogen-bond acceptors (Lipinski definition) is 4. The molecule has 0 aliphatic carbocycles. The van der Waals surface area contributed by atoms with Gasteiger partial charge in [-0.05, 0) is 34.1 Å². The van der Waals surface area contributed by atoms with E-state index in [0.717, 1.165) is 37.3 Å². The van der Waals surface area contributed by atoms with Crippen molar-refractivity contribution in [3.63, 3.8) is 0 Å². The predicted molar refractivity (Wildman–Crippen MR) is 129 cm³/mol. The molecule has 0 spiro atoms. The fourth-order valence-electron chi connectivity index (χ4n) is 3.68. The van der Waals surface area contributed by atoms with Gasteiger partial charge < -0.3 is 9.47 Å². The summed E-state index contributed by atoms with van der Waals surface area (Å²) in [5.41, 5.74) is 5.18. The Morgan fingerprint density at radius 2 is 1.53 bits per heavy atom. The highest BCUT2D eigenvalue weighted by molar-refractivity contribution is 9.14. The number of hydrogen-bond donors (Lipinski definition) is 0. The highest BCUT2D eigenvalue weighted by Crippen LogP contribution is 2.43. The van der Waals surface area contributed by atoms with Crippen LogP contribution in [0.2, 0.25) is 0 Å². The first kappa shape index (κ1) is 19.2. The highest BCUT2D eigenvalue weighted by Gasteiger charge is 2.23. The minimum atomic E-state index is -0.0816. The van der Waals surface area contributed by atoms with Gasteiger partial charge in [-0.15, -0.1) is 0 Å². The van der Waals surface area contributed by atoms with E-state index >= 15 is 0 Å². The molecular weight excluding hydrogens is 456 g/mol. The van der Waals surface area contributed by atoms with Crippen molar-refractivity contribution in [1.82, 2.24) is 9.47 Å². The van der Waals surface area contributed by atoms with Gasteiger partial charge in [-0.25, -0.2) is 0 Å². The summed E-state index contributed by atoms with van der Waals surface area (Å²) in [6.45, 7) is 0. The molecule has 1 aliphatic rings. The van der Waals surface area contributed by atoms with E-state index in [-0.39, 0.29) is 5.50 Å². The summed E-state index contributed by atoms with van der Waals surface area (Å²) in [4.78, 5) is 2.05. The van der Waals surface area contributed by atoms with Gasteiger partial charge in [-0.3, -0.25) is 0 Å². The van der Waals surface area contributed by atoms with Crippen LogP contribution in [0.3, 0.4) is 0 Å². The predicted octanol–water partition coefficient (Wildman–Crippen LogP) is 7.54. The van der Waals surface area contributed by atoms with Crippen molar-refractivity contribution < 1.29 is 0 Å². The Morgan fingerprint density at radius 3 is 2.23 bits per heavy atom. The van der Waals surface area contributed by atoms with Crippen LogP contribution in [-0.2, 0) is 0 Å². The van der Waals surface area contributed by atoms with Gasteiger partial charge in [0, 0.05) is 29.9 Å². The Bertz CT molecular complexity index is 1250. The molecule has 2 heterocycles. The molecule has 30 heavy (non-hydrogen) atoms. The molecule has 1 unspecified atom stereocenters. The lowest BCUT2D eigenvalue weighted by Crippen LogP contribution is -2.16. The van der Waals surface area contributed by atoms with Crippen LogP contribution in [0.4, 0.5) is 5.69 Å². The number of para-hydroxylation sites is 2. The number of halogens is 1. The molecule has 4 aromatic rings. The smallest absolute Gasteiger partial charge is 0.194 e. The van der Waals surface area contributed by atoms with Crippen molar-refractivity contribution in [1.29, 1.82) is 0 Å². The summed E-state index contributed by atoms with van der Waals surface area (Å²) >= 11 is 5.19. The third kappa shape index (κ3) is 3.46. The van der Waals surface area contributed by atoms with Crippen LogP contribution in [0, 0.1) is 0 Å². The monoisotopic (exact) mass is 474 g/mol. The lowest BCUT2D eigenvalue weighted by molar-refractivity contribution is 0.437. The normalized spacial score (nSPS) is 16.5. The zero-order valence-corrected chi connectivity index (χ0v) is 18.7. The summed E-state index contributed by atoms with van der Waals surface area (Å²) in [6.07, 6.45) is 2.03. The fraction of sp³-hybridized carbons (Fsp3) is 0.0833. The van der Waals surface area contributed by atoms with Crippen molar-refractivity contribution in [3.8, 4) is 16.9 Å². The second kappa shape index (κ2) is 8.13. The summed E-state index contributed by atoms with van der Waals surface area (Å²) in [5.74, 6) is 0. The number of rotatable bonds is 4. The standard InChI is InChI=1S/C24H19BrN4S/c1-28-16-21(25)30-24(28)27-26-22-19-14-8-9-15-20(19)29(18-12-6-3-7-13-18)23(22)17-10-4-2-5-11-17/h2-16,24H,1H3. The van der Waals surface area contributed by atoms with Gasteiger partial charge in [0.05, 0.1) is 15.0 Å². The van der Waals surface area contributed by atoms with Crippen LogP contribution >= 0.6 is 27.7 Å². The summed E-state index contributed by atoms with van der Waals surface area (Å²) < 4.78 is 3.34. The lowest BCUT2D eigenvalue weighted by atomic mass is 10.1. The van der Waals surface area contributed by atoms with Gasteiger partial charge >= 0.3 is 0 Å². The maximum Gasteiger partial charge on any atom is 0.194 e. The summed E-state index contributed by atoms with van der Waals surface area (Å²) in [7, 11) is 2.01.